The molecule has 1 N–H and O–H groups in total. The summed E-state index contributed by atoms with van der Waals surface area (Å²) in [6, 6.07) is 9.29. The number of aryl methyl sites for hydroxylation is 1. The third-order valence-corrected chi connectivity index (χ3v) is 5.35. The summed E-state index contributed by atoms with van der Waals surface area (Å²) in [4.78, 5) is 5.80. The maximum atomic E-state index is 4.46. The predicted molar refractivity (Wildman–Crippen MR) is 90.0 cm³/mol. The van der Waals surface area contributed by atoms with Gasteiger partial charge in [0.1, 0.15) is 0 Å². The van der Waals surface area contributed by atoms with E-state index in [-0.39, 0.29) is 0 Å². The van der Waals surface area contributed by atoms with E-state index >= 15 is 0 Å². The normalized spacial score (nSPS) is 16.7. The van der Waals surface area contributed by atoms with Gasteiger partial charge in [0.25, 0.3) is 0 Å². The predicted octanol–water partition coefficient (Wildman–Crippen LogP) is 4.81. The van der Waals surface area contributed by atoms with E-state index in [9.17, 15) is 0 Å². The molecule has 3 rings (SSSR count). The molecule has 21 heavy (non-hydrogen) atoms. The van der Waals surface area contributed by atoms with E-state index in [0.717, 1.165) is 23.9 Å². The molecule has 0 radical (unpaired) electrons. The molecule has 0 aliphatic heterocycles. The number of aromatic nitrogens is 1. The zero-order chi connectivity index (χ0) is 14.7. The number of nitrogens with one attached hydrogen (secondary N) is 1. The van der Waals surface area contributed by atoms with Gasteiger partial charge in [-0.2, -0.15) is 0 Å². The SMILES string of the molecule is CCCNC(c1cnc(C)s1)c1ccccc1C1CCC1. The van der Waals surface area contributed by atoms with Gasteiger partial charge in [0.05, 0.1) is 11.0 Å². The number of hydrogen-bond donors (Lipinski definition) is 1. The molecule has 3 heteroatoms. The first-order valence-corrected chi connectivity index (χ1v) is 8.85. The fourth-order valence-corrected chi connectivity index (χ4v) is 3.91. The molecule has 1 atom stereocenters. The Kier molecular flexibility index (Phi) is 4.71. The van der Waals surface area contributed by atoms with Crippen molar-refractivity contribution in [3.8, 4) is 0 Å². The minimum Gasteiger partial charge on any atom is -0.306 e. The van der Waals surface area contributed by atoms with Gasteiger partial charge in [0.15, 0.2) is 0 Å². The Labute approximate surface area is 131 Å². The van der Waals surface area contributed by atoms with Gasteiger partial charge in [0, 0.05) is 11.1 Å². The number of benzene rings is 1. The van der Waals surface area contributed by atoms with Crippen LogP contribution in [0.2, 0.25) is 0 Å². The number of hydrogen-bond acceptors (Lipinski definition) is 3. The first kappa shape index (κ1) is 14.7. The van der Waals surface area contributed by atoms with Crippen molar-refractivity contribution >= 4 is 11.3 Å². The lowest BCUT2D eigenvalue weighted by Gasteiger charge is -2.30. The van der Waals surface area contributed by atoms with E-state index in [0.29, 0.717) is 6.04 Å². The van der Waals surface area contributed by atoms with Crippen molar-refractivity contribution < 1.29 is 0 Å². The molecule has 0 spiro atoms. The highest BCUT2D eigenvalue weighted by atomic mass is 32.1. The topological polar surface area (TPSA) is 24.9 Å². The molecule has 1 aliphatic rings. The van der Waals surface area contributed by atoms with E-state index in [4.69, 9.17) is 0 Å². The maximum absolute atomic E-state index is 4.46. The highest BCUT2D eigenvalue weighted by Gasteiger charge is 2.26. The highest BCUT2D eigenvalue weighted by molar-refractivity contribution is 7.11. The Bertz CT molecular complexity index is 586. The summed E-state index contributed by atoms with van der Waals surface area (Å²) < 4.78 is 0. The highest BCUT2D eigenvalue weighted by Crippen LogP contribution is 2.41. The smallest absolute Gasteiger partial charge is 0.0897 e. The molecule has 1 aliphatic carbocycles. The molecular formula is C18H24N2S. The van der Waals surface area contributed by atoms with Crippen LogP contribution in [-0.2, 0) is 0 Å². The van der Waals surface area contributed by atoms with Crippen molar-refractivity contribution in [2.45, 2.75) is 51.5 Å². The van der Waals surface area contributed by atoms with Crippen LogP contribution in [0.1, 0.15) is 65.6 Å². The van der Waals surface area contributed by atoms with Crippen LogP contribution in [0.5, 0.6) is 0 Å². The molecule has 1 heterocycles. The number of nitrogens with zero attached hydrogens (tertiary/aromatic N) is 1. The largest absolute Gasteiger partial charge is 0.306 e. The Balaban J connectivity index is 1.95. The van der Waals surface area contributed by atoms with Crippen molar-refractivity contribution in [1.29, 1.82) is 0 Å². The fraction of sp³-hybridized carbons (Fsp3) is 0.500. The van der Waals surface area contributed by atoms with Crippen molar-refractivity contribution in [2.75, 3.05) is 6.54 Å². The van der Waals surface area contributed by atoms with Gasteiger partial charge in [-0.3, -0.25) is 0 Å². The van der Waals surface area contributed by atoms with Gasteiger partial charge >= 0.3 is 0 Å². The minimum absolute atomic E-state index is 0.299. The summed E-state index contributed by atoms with van der Waals surface area (Å²) in [6.45, 7) is 5.35. The van der Waals surface area contributed by atoms with Crippen molar-refractivity contribution in [2.24, 2.45) is 0 Å². The minimum atomic E-state index is 0.299. The summed E-state index contributed by atoms with van der Waals surface area (Å²) in [5.41, 5.74) is 3.00. The Morgan fingerprint density at radius 1 is 1.33 bits per heavy atom. The molecule has 1 aromatic heterocycles. The van der Waals surface area contributed by atoms with E-state index in [2.05, 4.69) is 48.4 Å². The van der Waals surface area contributed by atoms with Gasteiger partial charge < -0.3 is 5.32 Å². The zero-order valence-corrected chi connectivity index (χ0v) is 13.7. The Morgan fingerprint density at radius 3 is 2.76 bits per heavy atom. The molecule has 0 amide bonds. The van der Waals surface area contributed by atoms with Gasteiger partial charge in [0.2, 0.25) is 0 Å². The average Bonchev–Trinajstić information content (AvgIpc) is 2.85. The summed E-state index contributed by atoms with van der Waals surface area (Å²) in [6.07, 6.45) is 7.27. The first-order chi connectivity index (χ1) is 10.3. The van der Waals surface area contributed by atoms with Crippen LogP contribution in [0.3, 0.4) is 0 Å². The van der Waals surface area contributed by atoms with Crippen LogP contribution in [0, 0.1) is 6.92 Å². The van der Waals surface area contributed by atoms with E-state index in [1.165, 1.54) is 29.7 Å². The Hall–Kier alpha value is -1.19. The van der Waals surface area contributed by atoms with E-state index in [1.807, 2.05) is 17.5 Å². The van der Waals surface area contributed by atoms with Gasteiger partial charge in [-0.05, 0) is 49.8 Å². The molecule has 1 fully saturated rings. The second-order valence-corrected chi connectivity index (χ2v) is 7.19. The fourth-order valence-electron chi connectivity index (χ4n) is 3.03. The molecular weight excluding hydrogens is 276 g/mol. The summed E-state index contributed by atoms with van der Waals surface area (Å²) in [5.74, 6) is 0.765. The first-order valence-electron chi connectivity index (χ1n) is 8.04. The maximum Gasteiger partial charge on any atom is 0.0897 e. The third kappa shape index (κ3) is 3.19. The molecule has 1 saturated carbocycles. The average molecular weight is 300 g/mol. The number of thiazole rings is 1. The standard InChI is InChI=1S/C18H24N2S/c1-3-11-19-18(17-12-20-13(2)21-17)16-10-5-4-9-15(16)14-7-6-8-14/h4-5,9-10,12,14,18-19H,3,6-8,11H2,1-2H3. The molecule has 112 valence electrons. The van der Waals surface area contributed by atoms with Crippen LogP contribution in [0.4, 0.5) is 0 Å². The molecule has 0 saturated heterocycles. The molecule has 1 unspecified atom stereocenters. The summed E-state index contributed by atoms with van der Waals surface area (Å²) in [5, 5.41) is 4.88. The molecule has 2 nitrogen and oxygen atoms in total. The zero-order valence-electron chi connectivity index (χ0n) is 12.9. The van der Waals surface area contributed by atoms with E-state index in [1.54, 1.807) is 5.56 Å². The van der Waals surface area contributed by atoms with Gasteiger partial charge in [-0.25, -0.2) is 4.98 Å². The molecule has 1 aromatic carbocycles. The Morgan fingerprint density at radius 2 is 2.14 bits per heavy atom. The van der Waals surface area contributed by atoms with Crippen molar-refractivity contribution in [3.05, 3.63) is 51.5 Å². The molecule has 0 bridgehead atoms. The summed E-state index contributed by atoms with van der Waals surface area (Å²) in [7, 11) is 0. The van der Waals surface area contributed by atoms with Crippen molar-refractivity contribution in [3.63, 3.8) is 0 Å². The third-order valence-electron chi connectivity index (χ3n) is 4.37. The second-order valence-electron chi connectivity index (χ2n) is 5.93. The van der Waals surface area contributed by atoms with Crippen LogP contribution >= 0.6 is 11.3 Å². The van der Waals surface area contributed by atoms with Gasteiger partial charge in [-0.1, -0.05) is 37.6 Å². The second kappa shape index (κ2) is 6.71. The van der Waals surface area contributed by atoms with Crippen LogP contribution in [-0.4, -0.2) is 11.5 Å². The van der Waals surface area contributed by atoms with Crippen LogP contribution < -0.4 is 5.32 Å². The lowest BCUT2D eigenvalue weighted by Crippen LogP contribution is -2.25. The lowest BCUT2D eigenvalue weighted by molar-refractivity contribution is 0.414. The lowest BCUT2D eigenvalue weighted by atomic mass is 9.77. The monoisotopic (exact) mass is 300 g/mol. The summed E-state index contributed by atoms with van der Waals surface area (Å²) >= 11 is 1.81. The van der Waals surface area contributed by atoms with Crippen molar-refractivity contribution in [1.82, 2.24) is 10.3 Å². The van der Waals surface area contributed by atoms with Crippen LogP contribution in [0.25, 0.3) is 0 Å². The molecule has 2 aromatic rings. The number of rotatable bonds is 6. The quantitative estimate of drug-likeness (QED) is 0.828. The van der Waals surface area contributed by atoms with Crippen LogP contribution in [0.15, 0.2) is 30.5 Å². The van der Waals surface area contributed by atoms with E-state index < -0.39 is 0 Å². The van der Waals surface area contributed by atoms with Gasteiger partial charge in [-0.15, -0.1) is 11.3 Å².